The second-order valence-electron chi connectivity index (χ2n) is 5.97. The number of hydrogen-bond donors (Lipinski definition) is 2. The molecule has 0 heterocycles. The summed E-state index contributed by atoms with van der Waals surface area (Å²) < 4.78 is 61.3. The zero-order chi connectivity index (χ0) is 21.8. The number of nitro groups is 1. The van der Waals surface area contributed by atoms with Crippen LogP contribution in [0.2, 0.25) is 0 Å². The number of nitrogens with zero attached hydrogens (tertiary/aromatic N) is 2. The normalized spacial score (nSPS) is 12.9. The summed E-state index contributed by atoms with van der Waals surface area (Å²) in [6, 6.07) is 10.6. The Morgan fingerprint density at radius 2 is 1.72 bits per heavy atom. The third-order valence-electron chi connectivity index (χ3n) is 3.81. The van der Waals surface area contributed by atoms with Gasteiger partial charge in [0.2, 0.25) is 0 Å². The van der Waals surface area contributed by atoms with Crippen LogP contribution in [-0.4, -0.2) is 46.0 Å². The van der Waals surface area contributed by atoms with Crippen molar-refractivity contribution in [3.63, 3.8) is 0 Å². The average molecular weight is 445 g/mol. The van der Waals surface area contributed by atoms with Crippen molar-refractivity contribution in [1.82, 2.24) is 0 Å². The van der Waals surface area contributed by atoms with Crippen LogP contribution >= 0.6 is 0 Å². The molecule has 29 heavy (non-hydrogen) atoms. The lowest BCUT2D eigenvalue weighted by Crippen LogP contribution is -2.29. The van der Waals surface area contributed by atoms with Gasteiger partial charge < -0.3 is 5.32 Å². The van der Waals surface area contributed by atoms with Crippen molar-refractivity contribution in [2.45, 2.75) is 17.9 Å². The molecule has 0 aliphatic heterocycles. The van der Waals surface area contributed by atoms with Gasteiger partial charge in [-0.1, -0.05) is 24.3 Å². The molecule has 158 valence electrons. The number of nitrogens with one attached hydrogen (secondary N) is 1. The minimum atomic E-state index is -4.62. The highest BCUT2D eigenvalue weighted by Crippen LogP contribution is 2.32. The van der Waals surface area contributed by atoms with Gasteiger partial charge in [-0.15, -0.1) is 0 Å². The Labute approximate surface area is 168 Å². The van der Waals surface area contributed by atoms with E-state index >= 15 is 0 Å². The van der Waals surface area contributed by atoms with Gasteiger partial charge in [0.15, 0.2) is 4.90 Å². The maximum Gasteiger partial charge on any atom is 0.397 e. The van der Waals surface area contributed by atoms with Crippen molar-refractivity contribution >= 4 is 37.5 Å². The molecule has 0 amide bonds. The van der Waals surface area contributed by atoms with Gasteiger partial charge >= 0.3 is 10.4 Å². The Hall–Kier alpha value is -2.74. The number of benzene rings is 2. The van der Waals surface area contributed by atoms with E-state index in [1.807, 2.05) is 0 Å². The molecule has 0 spiro atoms. The average Bonchev–Trinajstić information content (AvgIpc) is 2.65. The predicted octanol–water partition coefficient (Wildman–Crippen LogP) is 2.04. The fourth-order valence-electron chi connectivity index (χ4n) is 2.47. The first-order valence-corrected chi connectivity index (χ1v) is 10.9. The van der Waals surface area contributed by atoms with E-state index in [0.29, 0.717) is 5.69 Å². The molecule has 13 heteroatoms. The molecular weight excluding hydrogens is 426 g/mol. The third kappa shape index (κ3) is 5.63. The van der Waals surface area contributed by atoms with Crippen molar-refractivity contribution in [2.24, 2.45) is 0 Å². The van der Waals surface area contributed by atoms with Gasteiger partial charge in [-0.2, -0.15) is 8.42 Å². The van der Waals surface area contributed by atoms with Crippen molar-refractivity contribution in [1.29, 1.82) is 0 Å². The molecule has 0 bridgehead atoms. The topological polar surface area (TPSA) is 156 Å². The van der Waals surface area contributed by atoms with Crippen LogP contribution in [0.5, 0.6) is 0 Å². The molecule has 0 aliphatic carbocycles. The fourth-order valence-corrected chi connectivity index (χ4v) is 4.22. The fraction of sp³-hybridized carbons (Fsp3) is 0.250. The first-order chi connectivity index (χ1) is 13.4. The standard InChI is InChI=1S/C16H19N3O8S2/c1-12(11-27-29(24,25)26)17-13-7-3-4-8-14(13)18(2)28(22,23)16-10-6-5-9-15(16)19(20)21/h3-10,12,17H,11H2,1-2H3,(H,24,25,26). The summed E-state index contributed by atoms with van der Waals surface area (Å²) in [5.74, 6) is 0. The first kappa shape index (κ1) is 22.5. The molecule has 1 atom stereocenters. The zero-order valence-corrected chi connectivity index (χ0v) is 17.1. The van der Waals surface area contributed by atoms with Crippen molar-refractivity contribution in [2.75, 3.05) is 23.3 Å². The highest BCUT2D eigenvalue weighted by atomic mass is 32.3. The van der Waals surface area contributed by atoms with Crippen LogP contribution in [0.3, 0.4) is 0 Å². The highest BCUT2D eigenvalue weighted by Gasteiger charge is 2.30. The number of rotatable bonds is 9. The Bertz CT molecular complexity index is 1100. The van der Waals surface area contributed by atoms with E-state index in [4.69, 9.17) is 4.55 Å². The number of para-hydroxylation sites is 3. The lowest BCUT2D eigenvalue weighted by molar-refractivity contribution is -0.387. The smallest absolute Gasteiger partial charge is 0.379 e. The Morgan fingerprint density at radius 3 is 2.34 bits per heavy atom. The molecule has 2 aromatic rings. The van der Waals surface area contributed by atoms with Gasteiger partial charge in [0.05, 0.1) is 22.9 Å². The van der Waals surface area contributed by atoms with Gasteiger partial charge in [0, 0.05) is 19.2 Å². The van der Waals surface area contributed by atoms with E-state index in [9.17, 15) is 26.9 Å². The predicted molar refractivity (Wildman–Crippen MR) is 106 cm³/mol. The van der Waals surface area contributed by atoms with Crippen LogP contribution in [0.25, 0.3) is 0 Å². The first-order valence-electron chi connectivity index (χ1n) is 8.13. The summed E-state index contributed by atoms with van der Waals surface area (Å²) in [6.07, 6.45) is 0. The van der Waals surface area contributed by atoms with E-state index in [1.165, 1.54) is 25.2 Å². The molecule has 2 N–H and O–H groups in total. The highest BCUT2D eigenvalue weighted by molar-refractivity contribution is 7.93. The largest absolute Gasteiger partial charge is 0.397 e. The lowest BCUT2D eigenvalue weighted by atomic mass is 10.2. The molecule has 1 unspecified atom stereocenters. The molecule has 0 aliphatic rings. The summed E-state index contributed by atoms with van der Waals surface area (Å²) in [4.78, 5) is 9.97. The summed E-state index contributed by atoms with van der Waals surface area (Å²) in [5.41, 5.74) is -0.0762. The van der Waals surface area contributed by atoms with Crippen LogP contribution in [0, 0.1) is 10.1 Å². The minimum Gasteiger partial charge on any atom is -0.379 e. The second-order valence-corrected chi connectivity index (χ2v) is 9.00. The third-order valence-corrected chi connectivity index (χ3v) is 6.07. The SMILES string of the molecule is CC(COS(=O)(=O)O)Nc1ccccc1N(C)S(=O)(=O)c1ccccc1[N+](=O)[O-]. The lowest BCUT2D eigenvalue weighted by Gasteiger charge is -2.24. The van der Waals surface area contributed by atoms with Crippen LogP contribution in [0.4, 0.5) is 17.1 Å². The van der Waals surface area contributed by atoms with E-state index in [0.717, 1.165) is 16.4 Å². The summed E-state index contributed by atoms with van der Waals surface area (Å²) in [6.45, 7) is 1.15. The van der Waals surface area contributed by atoms with E-state index in [2.05, 4.69) is 9.50 Å². The van der Waals surface area contributed by atoms with E-state index < -0.39 is 48.6 Å². The number of sulfonamides is 1. The summed E-state index contributed by atoms with van der Waals surface area (Å²) in [7, 11) is -7.66. The Kier molecular flexibility index (Phi) is 6.79. The van der Waals surface area contributed by atoms with E-state index in [-0.39, 0.29) is 5.69 Å². The minimum absolute atomic E-state index is 0.171. The molecule has 11 nitrogen and oxygen atoms in total. The van der Waals surface area contributed by atoms with Gasteiger partial charge in [-0.25, -0.2) is 12.6 Å². The van der Waals surface area contributed by atoms with Crippen LogP contribution in [0.15, 0.2) is 53.4 Å². The second kappa shape index (κ2) is 8.73. The molecular formula is C16H19N3O8S2. The van der Waals surface area contributed by atoms with Gasteiger partial charge in [-0.05, 0) is 25.1 Å². The molecule has 0 aromatic heterocycles. The Morgan fingerprint density at radius 1 is 1.14 bits per heavy atom. The van der Waals surface area contributed by atoms with Crippen LogP contribution in [0.1, 0.15) is 6.92 Å². The molecule has 0 saturated heterocycles. The van der Waals surface area contributed by atoms with Gasteiger partial charge in [0.1, 0.15) is 0 Å². The number of hydrogen-bond acceptors (Lipinski definition) is 8. The number of anilines is 2. The number of nitro benzene ring substituents is 1. The summed E-state index contributed by atoms with van der Waals surface area (Å²) in [5, 5.41) is 14.1. The maximum absolute atomic E-state index is 13.0. The Balaban J connectivity index is 2.37. The molecule has 0 fully saturated rings. The molecule has 2 rings (SSSR count). The van der Waals surface area contributed by atoms with Crippen LogP contribution in [-0.2, 0) is 24.6 Å². The molecule has 2 aromatic carbocycles. The van der Waals surface area contributed by atoms with E-state index in [1.54, 1.807) is 25.1 Å². The zero-order valence-electron chi connectivity index (χ0n) is 15.4. The quantitative estimate of drug-likeness (QED) is 0.335. The van der Waals surface area contributed by atoms with Crippen LogP contribution < -0.4 is 9.62 Å². The van der Waals surface area contributed by atoms with Gasteiger partial charge in [-0.3, -0.25) is 19.0 Å². The molecule has 0 radical (unpaired) electrons. The van der Waals surface area contributed by atoms with Crippen molar-refractivity contribution < 1.29 is 30.5 Å². The summed E-state index contributed by atoms with van der Waals surface area (Å²) >= 11 is 0. The monoisotopic (exact) mass is 445 g/mol. The van der Waals surface area contributed by atoms with Crippen molar-refractivity contribution in [3.8, 4) is 0 Å². The van der Waals surface area contributed by atoms with Crippen molar-refractivity contribution in [3.05, 3.63) is 58.6 Å². The molecule has 0 saturated carbocycles. The maximum atomic E-state index is 13.0. The van der Waals surface area contributed by atoms with Gasteiger partial charge in [0.25, 0.3) is 15.7 Å².